The minimum atomic E-state index is -3.62. The SMILES string of the molecule is CC(C)C(C)NC(=O)C1CCCN1S(=O)(=O)c1ccccc1. The third kappa shape index (κ3) is 3.50. The van der Waals surface area contributed by atoms with Crippen molar-refractivity contribution in [2.75, 3.05) is 6.54 Å². The van der Waals surface area contributed by atoms with Gasteiger partial charge in [-0.15, -0.1) is 0 Å². The molecule has 1 N–H and O–H groups in total. The van der Waals surface area contributed by atoms with E-state index in [4.69, 9.17) is 0 Å². The predicted octanol–water partition coefficient (Wildman–Crippen LogP) is 2.00. The molecule has 1 aromatic rings. The van der Waals surface area contributed by atoms with Gasteiger partial charge in [0, 0.05) is 12.6 Å². The highest BCUT2D eigenvalue weighted by Crippen LogP contribution is 2.26. The van der Waals surface area contributed by atoms with Gasteiger partial charge in [-0.05, 0) is 37.8 Å². The Bertz CT molecular complexity index is 614. The zero-order valence-corrected chi connectivity index (χ0v) is 14.1. The fourth-order valence-electron chi connectivity index (χ4n) is 2.50. The second-order valence-electron chi connectivity index (χ2n) is 6.13. The Labute approximate surface area is 132 Å². The van der Waals surface area contributed by atoms with Crippen molar-refractivity contribution in [3.8, 4) is 0 Å². The highest BCUT2D eigenvalue weighted by Gasteiger charge is 2.39. The summed E-state index contributed by atoms with van der Waals surface area (Å²) in [5, 5.41) is 2.93. The van der Waals surface area contributed by atoms with Gasteiger partial charge in [0.1, 0.15) is 6.04 Å². The van der Waals surface area contributed by atoms with Crippen LogP contribution >= 0.6 is 0 Å². The topological polar surface area (TPSA) is 66.5 Å². The van der Waals surface area contributed by atoms with E-state index >= 15 is 0 Å². The number of carbonyl (C=O) groups is 1. The molecule has 0 radical (unpaired) electrons. The average molecular weight is 324 g/mol. The molecule has 1 saturated heterocycles. The van der Waals surface area contributed by atoms with Gasteiger partial charge in [0.05, 0.1) is 4.90 Å². The monoisotopic (exact) mass is 324 g/mol. The van der Waals surface area contributed by atoms with Crippen LogP contribution in [0.25, 0.3) is 0 Å². The number of rotatable bonds is 5. The number of benzene rings is 1. The van der Waals surface area contributed by atoms with Gasteiger partial charge >= 0.3 is 0 Å². The van der Waals surface area contributed by atoms with Crippen LogP contribution < -0.4 is 5.32 Å². The number of amides is 1. The zero-order valence-electron chi connectivity index (χ0n) is 13.3. The third-order valence-electron chi connectivity index (χ3n) is 4.23. The van der Waals surface area contributed by atoms with Gasteiger partial charge in [0.2, 0.25) is 15.9 Å². The molecule has 2 rings (SSSR count). The molecule has 1 fully saturated rings. The summed E-state index contributed by atoms with van der Waals surface area (Å²) in [6.07, 6.45) is 1.28. The molecule has 2 atom stereocenters. The lowest BCUT2D eigenvalue weighted by molar-refractivity contribution is -0.125. The molecule has 6 heteroatoms. The number of nitrogens with one attached hydrogen (secondary N) is 1. The fraction of sp³-hybridized carbons (Fsp3) is 0.562. The maximum Gasteiger partial charge on any atom is 0.243 e. The molecule has 2 unspecified atom stereocenters. The largest absolute Gasteiger partial charge is 0.352 e. The lowest BCUT2D eigenvalue weighted by Gasteiger charge is -2.26. The highest BCUT2D eigenvalue weighted by molar-refractivity contribution is 7.89. The summed E-state index contributed by atoms with van der Waals surface area (Å²) in [5.41, 5.74) is 0. The summed E-state index contributed by atoms with van der Waals surface area (Å²) in [6, 6.07) is 7.72. The molecule has 5 nitrogen and oxygen atoms in total. The minimum absolute atomic E-state index is 0.0226. The summed E-state index contributed by atoms with van der Waals surface area (Å²) in [6.45, 7) is 6.38. The second kappa shape index (κ2) is 6.79. The van der Waals surface area contributed by atoms with E-state index < -0.39 is 16.1 Å². The lowest BCUT2D eigenvalue weighted by Crippen LogP contribution is -2.49. The smallest absolute Gasteiger partial charge is 0.243 e. The van der Waals surface area contributed by atoms with E-state index in [1.165, 1.54) is 4.31 Å². The fourth-order valence-corrected chi connectivity index (χ4v) is 4.18. The van der Waals surface area contributed by atoms with Gasteiger partial charge in [-0.1, -0.05) is 32.0 Å². The number of hydrogen-bond acceptors (Lipinski definition) is 3. The Kier molecular flexibility index (Phi) is 5.24. The van der Waals surface area contributed by atoms with Crippen LogP contribution in [0.3, 0.4) is 0 Å². The molecule has 0 saturated carbocycles. The van der Waals surface area contributed by atoms with Crippen LogP contribution in [0.5, 0.6) is 0 Å². The van der Waals surface area contributed by atoms with Crippen molar-refractivity contribution in [3.63, 3.8) is 0 Å². The second-order valence-corrected chi connectivity index (χ2v) is 8.02. The van der Waals surface area contributed by atoms with Crippen molar-refractivity contribution in [2.45, 2.75) is 50.6 Å². The number of carbonyl (C=O) groups excluding carboxylic acids is 1. The van der Waals surface area contributed by atoms with E-state index in [9.17, 15) is 13.2 Å². The van der Waals surface area contributed by atoms with Crippen LogP contribution in [-0.2, 0) is 14.8 Å². The Morgan fingerprint density at radius 3 is 2.45 bits per heavy atom. The van der Waals surface area contributed by atoms with Gasteiger partial charge < -0.3 is 5.32 Å². The first-order valence-electron chi connectivity index (χ1n) is 7.71. The maximum atomic E-state index is 12.7. The molecular weight excluding hydrogens is 300 g/mol. The first-order valence-corrected chi connectivity index (χ1v) is 9.15. The Morgan fingerprint density at radius 2 is 1.86 bits per heavy atom. The summed E-state index contributed by atoms with van der Waals surface area (Å²) >= 11 is 0. The predicted molar refractivity (Wildman–Crippen MR) is 85.8 cm³/mol. The van der Waals surface area contributed by atoms with Crippen molar-refractivity contribution < 1.29 is 13.2 Å². The first kappa shape index (κ1) is 17.0. The van der Waals surface area contributed by atoms with E-state index in [1.807, 2.05) is 20.8 Å². The Hall–Kier alpha value is -1.40. The molecule has 1 aliphatic rings. The standard InChI is InChI=1S/C16H24N2O3S/c1-12(2)13(3)17-16(19)15-10-7-11-18(15)22(20,21)14-8-5-4-6-9-14/h4-6,8-9,12-13,15H,7,10-11H2,1-3H3,(H,17,19). The van der Waals surface area contributed by atoms with E-state index in [-0.39, 0.29) is 16.8 Å². The van der Waals surface area contributed by atoms with Crippen LogP contribution in [0.2, 0.25) is 0 Å². The Morgan fingerprint density at radius 1 is 1.23 bits per heavy atom. The van der Waals surface area contributed by atoms with Crippen molar-refractivity contribution >= 4 is 15.9 Å². The molecule has 1 aliphatic heterocycles. The summed E-state index contributed by atoms with van der Waals surface area (Å²) in [7, 11) is -3.62. The van der Waals surface area contributed by atoms with Crippen LogP contribution in [0.1, 0.15) is 33.6 Å². The summed E-state index contributed by atoms with van der Waals surface area (Å²) in [5.74, 6) is 0.114. The van der Waals surface area contributed by atoms with Crippen molar-refractivity contribution in [2.24, 2.45) is 5.92 Å². The van der Waals surface area contributed by atoms with Gasteiger partial charge in [-0.3, -0.25) is 4.79 Å². The van der Waals surface area contributed by atoms with E-state index in [2.05, 4.69) is 5.32 Å². The number of hydrogen-bond donors (Lipinski definition) is 1. The molecule has 122 valence electrons. The van der Waals surface area contributed by atoms with Crippen LogP contribution in [0, 0.1) is 5.92 Å². The Balaban J connectivity index is 2.19. The molecule has 1 amide bonds. The van der Waals surface area contributed by atoms with E-state index in [0.29, 0.717) is 25.3 Å². The minimum Gasteiger partial charge on any atom is -0.352 e. The van der Waals surface area contributed by atoms with E-state index in [0.717, 1.165) is 0 Å². The molecule has 1 aromatic carbocycles. The first-order chi connectivity index (χ1) is 10.3. The lowest BCUT2D eigenvalue weighted by atomic mass is 10.1. The van der Waals surface area contributed by atoms with Crippen LogP contribution in [0.4, 0.5) is 0 Å². The van der Waals surface area contributed by atoms with E-state index in [1.54, 1.807) is 30.3 Å². The normalized spacial score (nSPS) is 21.0. The molecule has 0 aliphatic carbocycles. The summed E-state index contributed by atoms with van der Waals surface area (Å²) in [4.78, 5) is 12.7. The average Bonchev–Trinajstić information content (AvgIpc) is 2.98. The van der Waals surface area contributed by atoms with Crippen molar-refractivity contribution in [1.29, 1.82) is 0 Å². The highest BCUT2D eigenvalue weighted by atomic mass is 32.2. The van der Waals surface area contributed by atoms with Crippen LogP contribution in [-0.4, -0.2) is 37.3 Å². The summed E-state index contributed by atoms with van der Waals surface area (Å²) < 4.78 is 26.8. The van der Waals surface area contributed by atoms with Gasteiger partial charge in [0.25, 0.3) is 0 Å². The molecule has 1 heterocycles. The third-order valence-corrected chi connectivity index (χ3v) is 6.15. The van der Waals surface area contributed by atoms with Crippen molar-refractivity contribution in [3.05, 3.63) is 30.3 Å². The van der Waals surface area contributed by atoms with Gasteiger partial charge in [-0.25, -0.2) is 8.42 Å². The molecule has 0 spiro atoms. The molecule has 22 heavy (non-hydrogen) atoms. The number of nitrogens with zero attached hydrogens (tertiary/aromatic N) is 1. The van der Waals surface area contributed by atoms with Gasteiger partial charge in [0.15, 0.2) is 0 Å². The quantitative estimate of drug-likeness (QED) is 0.901. The molecule has 0 bridgehead atoms. The number of sulfonamides is 1. The molecule has 0 aromatic heterocycles. The van der Waals surface area contributed by atoms with Gasteiger partial charge in [-0.2, -0.15) is 4.31 Å². The van der Waals surface area contributed by atoms with Crippen LogP contribution in [0.15, 0.2) is 35.2 Å². The van der Waals surface area contributed by atoms with Crippen molar-refractivity contribution in [1.82, 2.24) is 9.62 Å². The maximum absolute atomic E-state index is 12.7. The zero-order chi connectivity index (χ0) is 16.3. The molecular formula is C16H24N2O3S.